The van der Waals surface area contributed by atoms with Gasteiger partial charge in [-0.2, -0.15) is 0 Å². The molecule has 0 aromatic heterocycles. The second kappa shape index (κ2) is 18.8. The molecular weight excluding hydrogens is 863 g/mol. The first-order chi connectivity index (χ1) is 32.4. The Morgan fingerprint density at radius 1 is 0.379 bits per heavy atom. The van der Waals surface area contributed by atoms with Gasteiger partial charge in [0.1, 0.15) is 40.2 Å². The van der Waals surface area contributed by atoms with Crippen molar-refractivity contribution in [1.82, 2.24) is 0 Å². The maximum Gasteiger partial charge on any atom is 0.530 e. The van der Waals surface area contributed by atoms with Gasteiger partial charge in [-0.15, -0.1) is 0 Å². The van der Waals surface area contributed by atoms with Gasteiger partial charge in [0, 0.05) is 27.6 Å². The Morgan fingerprint density at radius 3 is 1.17 bits per heavy atom. The van der Waals surface area contributed by atoms with E-state index in [1.54, 1.807) is 31.4 Å². The molecule has 0 spiro atoms. The van der Waals surface area contributed by atoms with E-state index in [1.807, 2.05) is 190 Å². The van der Waals surface area contributed by atoms with Crippen molar-refractivity contribution in [2.75, 3.05) is 7.11 Å². The third-order valence-electron chi connectivity index (χ3n) is 11.4. The zero-order valence-electron chi connectivity index (χ0n) is 36.2. The fourth-order valence-electron chi connectivity index (χ4n) is 7.81. The number of rotatable bonds is 15. The molecule has 66 heavy (non-hydrogen) atoms. The highest BCUT2D eigenvalue weighted by Crippen LogP contribution is 2.50. The average molecular weight is 905 g/mol. The van der Waals surface area contributed by atoms with Gasteiger partial charge in [0.25, 0.3) is 0 Å². The molecule has 0 radical (unpaired) electrons. The molecule has 0 atom stereocenters. The number of hydrogen-bond acceptors (Lipinski definition) is 8. The van der Waals surface area contributed by atoms with E-state index in [0.717, 1.165) is 54.2 Å². The van der Waals surface area contributed by atoms with Gasteiger partial charge in [0.05, 0.1) is 18.2 Å². The van der Waals surface area contributed by atoms with E-state index in [0.29, 0.717) is 34.5 Å². The maximum atomic E-state index is 15.3. The van der Waals surface area contributed by atoms with Gasteiger partial charge in [-0.1, -0.05) is 152 Å². The summed E-state index contributed by atoms with van der Waals surface area (Å²) in [4.78, 5) is 15.3. The summed E-state index contributed by atoms with van der Waals surface area (Å²) < 4.78 is 46.2. The number of carbonyl (C=O) groups is 1. The average Bonchev–Trinajstić information content (AvgIpc) is 3.35. The van der Waals surface area contributed by atoms with Crippen molar-refractivity contribution < 1.29 is 36.7 Å². The highest BCUT2D eigenvalue weighted by Gasteiger charge is 2.31. The standard InChI is InChI=1S/C56H42O8P2/c1-37-32-34-49(56(38(37)2)64-66(61-52-30-14-22-41-18-6-10-26-46(41)52)62-53-31-15-23-42-19-7-11-27-47(42)53)55(57)48-35-33-43(58-3)36-54(48)63-65(59-50-28-12-20-39-16-4-8-24-44(39)50)60-51-29-13-21-40-17-5-9-25-45(40)51/h4-36H,1-3H3. The molecule has 0 N–H and O–H groups in total. The van der Waals surface area contributed by atoms with E-state index >= 15 is 4.79 Å². The molecule has 10 aromatic carbocycles. The number of hydrogen-bond donors (Lipinski definition) is 0. The van der Waals surface area contributed by atoms with E-state index in [4.69, 9.17) is 31.9 Å². The highest BCUT2D eigenvalue weighted by atomic mass is 31.2. The van der Waals surface area contributed by atoms with Crippen LogP contribution in [-0.4, -0.2) is 12.9 Å². The fourth-order valence-corrected chi connectivity index (χ4v) is 10.0. The smallest absolute Gasteiger partial charge is 0.497 e. The molecule has 10 aromatic rings. The Labute approximate surface area is 384 Å². The second-order valence-corrected chi connectivity index (χ2v) is 17.5. The number of fused-ring (bicyclic) bond motifs is 4. The van der Waals surface area contributed by atoms with E-state index in [9.17, 15) is 0 Å². The lowest BCUT2D eigenvalue weighted by atomic mass is 9.97. The molecule has 0 aliphatic heterocycles. The van der Waals surface area contributed by atoms with E-state index in [-0.39, 0.29) is 22.7 Å². The first-order valence-electron chi connectivity index (χ1n) is 21.3. The van der Waals surface area contributed by atoms with Crippen LogP contribution >= 0.6 is 17.2 Å². The summed E-state index contributed by atoms with van der Waals surface area (Å²) in [7, 11) is -2.93. The van der Waals surface area contributed by atoms with Gasteiger partial charge in [-0.3, -0.25) is 4.79 Å². The van der Waals surface area contributed by atoms with Crippen molar-refractivity contribution in [2.45, 2.75) is 13.8 Å². The number of aryl methyl sites for hydroxylation is 1. The van der Waals surface area contributed by atoms with Crippen molar-refractivity contribution in [3.8, 4) is 40.2 Å². The zero-order chi connectivity index (χ0) is 45.0. The molecule has 0 saturated carbocycles. The van der Waals surface area contributed by atoms with E-state index in [2.05, 4.69) is 0 Å². The van der Waals surface area contributed by atoms with E-state index in [1.165, 1.54) is 0 Å². The van der Waals surface area contributed by atoms with Gasteiger partial charge in [-0.25, -0.2) is 0 Å². The SMILES string of the molecule is COc1ccc(C(=O)c2ccc(C)c(C)c2OP(Oc2cccc3ccccc23)Oc2cccc3ccccc23)c(OP(Oc2cccc3ccccc23)Oc2cccc3ccccc23)c1. The second-order valence-electron chi connectivity index (χ2n) is 15.5. The largest absolute Gasteiger partial charge is 0.530 e. The van der Waals surface area contributed by atoms with Crippen LogP contribution in [0.5, 0.6) is 40.2 Å². The van der Waals surface area contributed by atoms with Crippen LogP contribution in [0.1, 0.15) is 27.0 Å². The minimum absolute atomic E-state index is 0.191. The summed E-state index contributed by atoms with van der Waals surface area (Å²) in [5.41, 5.74) is 2.16. The highest BCUT2D eigenvalue weighted by molar-refractivity contribution is 7.43. The van der Waals surface area contributed by atoms with Crippen molar-refractivity contribution in [3.05, 3.63) is 222 Å². The first kappa shape index (κ1) is 42.3. The van der Waals surface area contributed by atoms with Crippen LogP contribution in [-0.2, 0) is 0 Å². The minimum atomic E-state index is -2.26. The Kier molecular flexibility index (Phi) is 12.1. The predicted molar refractivity (Wildman–Crippen MR) is 266 cm³/mol. The third kappa shape index (κ3) is 8.77. The Bertz CT molecular complexity index is 3230. The summed E-state index contributed by atoms with van der Waals surface area (Å²) in [5.74, 6) is 2.88. The molecule has 10 heteroatoms. The molecule has 0 saturated heterocycles. The molecule has 0 aliphatic carbocycles. The minimum Gasteiger partial charge on any atom is -0.497 e. The monoisotopic (exact) mass is 904 g/mol. The Balaban J connectivity index is 1.05. The molecule has 0 amide bonds. The van der Waals surface area contributed by atoms with Crippen LogP contribution in [0.15, 0.2) is 200 Å². The quantitative estimate of drug-likeness (QED) is 0.0743. The van der Waals surface area contributed by atoms with Crippen molar-refractivity contribution in [2.24, 2.45) is 0 Å². The molecular formula is C56H42O8P2. The number of ketones is 1. The number of benzene rings is 10. The zero-order valence-corrected chi connectivity index (χ0v) is 38.0. The van der Waals surface area contributed by atoms with Crippen LogP contribution in [0.25, 0.3) is 43.1 Å². The number of methoxy groups -OCH3 is 1. The van der Waals surface area contributed by atoms with Gasteiger partial charge in [0.2, 0.25) is 5.78 Å². The number of ether oxygens (including phenoxy) is 1. The van der Waals surface area contributed by atoms with Gasteiger partial charge in [-0.05, 0) is 89.0 Å². The van der Waals surface area contributed by atoms with Crippen LogP contribution < -0.4 is 31.9 Å². The molecule has 10 rings (SSSR count). The van der Waals surface area contributed by atoms with Crippen molar-refractivity contribution >= 4 is 66.1 Å². The van der Waals surface area contributed by atoms with Crippen LogP contribution in [0.4, 0.5) is 0 Å². The summed E-state index contributed by atoms with van der Waals surface area (Å²) >= 11 is 0. The van der Waals surface area contributed by atoms with Crippen LogP contribution in [0.3, 0.4) is 0 Å². The molecule has 8 nitrogen and oxygen atoms in total. The lowest BCUT2D eigenvalue weighted by Crippen LogP contribution is -2.11. The lowest BCUT2D eigenvalue weighted by Gasteiger charge is -2.23. The Hall–Kier alpha value is -7.63. The van der Waals surface area contributed by atoms with Crippen molar-refractivity contribution in [1.29, 1.82) is 0 Å². The van der Waals surface area contributed by atoms with Gasteiger partial charge < -0.3 is 31.9 Å². The fraction of sp³-hybridized carbons (Fsp3) is 0.0536. The van der Waals surface area contributed by atoms with Crippen molar-refractivity contribution in [3.63, 3.8) is 0 Å². The molecule has 0 fully saturated rings. The first-order valence-corrected chi connectivity index (χ1v) is 23.5. The molecule has 0 aliphatic rings. The third-order valence-corrected chi connectivity index (χ3v) is 13.4. The number of carbonyl (C=O) groups excluding carboxylic acids is 1. The van der Waals surface area contributed by atoms with Crippen LogP contribution in [0.2, 0.25) is 0 Å². The molecule has 0 bridgehead atoms. The summed E-state index contributed by atoms with van der Waals surface area (Å²) in [6.45, 7) is 3.89. The lowest BCUT2D eigenvalue weighted by molar-refractivity contribution is 0.103. The maximum absolute atomic E-state index is 15.3. The molecule has 324 valence electrons. The van der Waals surface area contributed by atoms with Gasteiger partial charge in [0.15, 0.2) is 0 Å². The molecule has 0 heterocycles. The van der Waals surface area contributed by atoms with Gasteiger partial charge >= 0.3 is 17.2 Å². The normalized spacial score (nSPS) is 11.3. The Morgan fingerprint density at radius 2 is 0.742 bits per heavy atom. The molecule has 0 unspecified atom stereocenters. The topological polar surface area (TPSA) is 81.7 Å². The summed E-state index contributed by atoms with van der Waals surface area (Å²) in [5, 5.41) is 7.52. The van der Waals surface area contributed by atoms with E-state index < -0.39 is 17.2 Å². The van der Waals surface area contributed by atoms with Crippen LogP contribution in [0, 0.1) is 13.8 Å². The predicted octanol–water partition coefficient (Wildman–Crippen LogP) is 15.7. The summed E-state index contributed by atoms with van der Waals surface area (Å²) in [6, 6.07) is 63.9. The summed E-state index contributed by atoms with van der Waals surface area (Å²) in [6.07, 6.45) is 0.